The summed E-state index contributed by atoms with van der Waals surface area (Å²) in [7, 11) is 0. The number of aryl methyl sites for hydroxylation is 1. The molecular formula is C25H27NO3. The minimum Gasteiger partial charge on any atom is -0.494 e. The molecule has 0 heterocycles. The molecular weight excluding hydrogens is 362 g/mol. The largest absolute Gasteiger partial charge is 0.494 e. The lowest BCUT2D eigenvalue weighted by Crippen LogP contribution is -2.11. The Labute approximate surface area is 172 Å². The van der Waals surface area contributed by atoms with Crippen LogP contribution in [0.1, 0.15) is 35.7 Å². The first-order valence-corrected chi connectivity index (χ1v) is 10.1. The van der Waals surface area contributed by atoms with Gasteiger partial charge >= 0.3 is 0 Å². The van der Waals surface area contributed by atoms with Crippen LogP contribution in [-0.2, 0) is 6.42 Å². The number of anilines is 1. The zero-order valence-electron chi connectivity index (χ0n) is 16.8. The molecule has 0 aliphatic heterocycles. The molecule has 29 heavy (non-hydrogen) atoms. The van der Waals surface area contributed by atoms with E-state index in [2.05, 4.69) is 36.5 Å². The Morgan fingerprint density at radius 1 is 0.793 bits per heavy atom. The van der Waals surface area contributed by atoms with Gasteiger partial charge in [-0.1, -0.05) is 37.3 Å². The molecule has 0 spiro atoms. The van der Waals surface area contributed by atoms with Gasteiger partial charge in [-0.25, -0.2) is 0 Å². The van der Waals surface area contributed by atoms with E-state index in [4.69, 9.17) is 9.47 Å². The lowest BCUT2D eigenvalue weighted by Gasteiger charge is -2.09. The van der Waals surface area contributed by atoms with Crippen LogP contribution in [0.3, 0.4) is 0 Å². The van der Waals surface area contributed by atoms with Gasteiger partial charge in [0.1, 0.15) is 11.5 Å². The molecule has 0 atom stereocenters. The second-order valence-corrected chi connectivity index (χ2v) is 6.79. The molecule has 0 fully saturated rings. The van der Waals surface area contributed by atoms with E-state index in [9.17, 15) is 4.79 Å². The molecule has 0 aromatic heterocycles. The number of hydrogen-bond acceptors (Lipinski definition) is 3. The van der Waals surface area contributed by atoms with E-state index >= 15 is 0 Å². The number of ether oxygens (including phenoxy) is 2. The molecule has 0 bridgehead atoms. The van der Waals surface area contributed by atoms with Crippen molar-refractivity contribution >= 4 is 11.6 Å². The first-order chi connectivity index (χ1) is 14.2. The smallest absolute Gasteiger partial charge is 0.255 e. The first-order valence-electron chi connectivity index (χ1n) is 10.1. The summed E-state index contributed by atoms with van der Waals surface area (Å²) < 4.78 is 11.3. The fourth-order valence-electron chi connectivity index (χ4n) is 2.87. The molecule has 1 amide bonds. The van der Waals surface area contributed by atoms with E-state index in [-0.39, 0.29) is 5.91 Å². The van der Waals surface area contributed by atoms with Crippen molar-refractivity contribution in [2.24, 2.45) is 0 Å². The number of carbonyl (C=O) groups excluding carboxylic acids is 1. The van der Waals surface area contributed by atoms with Crippen LogP contribution in [0, 0.1) is 0 Å². The number of amides is 1. The van der Waals surface area contributed by atoms with Crippen LogP contribution in [0.5, 0.6) is 11.5 Å². The monoisotopic (exact) mass is 389 g/mol. The number of rotatable bonds is 10. The van der Waals surface area contributed by atoms with Crippen LogP contribution in [0.2, 0.25) is 0 Å². The van der Waals surface area contributed by atoms with Crippen molar-refractivity contribution in [3.8, 4) is 11.5 Å². The summed E-state index contributed by atoms with van der Waals surface area (Å²) in [5, 5.41) is 2.90. The van der Waals surface area contributed by atoms with Gasteiger partial charge in [-0.05, 0) is 73.4 Å². The summed E-state index contributed by atoms with van der Waals surface area (Å²) >= 11 is 0. The highest BCUT2D eigenvalue weighted by Gasteiger charge is 2.06. The van der Waals surface area contributed by atoms with Crippen molar-refractivity contribution < 1.29 is 14.3 Å². The predicted octanol–water partition coefficient (Wildman–Crippen LogP) is 5.74. The van der Waals surface area contributed by atoms with Gasteiger partial charge in [-0.3, -0.25) is 4.79 Å². The Morgan fingerprint density at radius 2 is 1.41 bits per heavy atom. The maximum Gasteiger partial charge on any atom is 0.255 e. The maximum absolute atomic E-state index is 12.4. The van der Waals surface area contributed by atoms with Gasteiger partial charge in [0.05, 0.1) is 13.2 Å². The van der Waals surface area contributed by atoms with Crippen molar-refractivity contribution in [3.63, 3.8) is 0 Å². The van der Waals surface area contributed by atoms with E-state index in [1.54, 1.807) is 12.1 Å². The third-order valence-electron chi connectivity index (χ3n) is 4.42. The molecule has 3 rings (SSSR count). The van der Waals surface area contributed by atoms with E-state index in [1.165, 1.54) is 5.56 Å². The van der Waals surface area contributed by atoms with Gasteiger partial charge in [-0.2, -0.15) is 0 Å². The Bertz CT molecular complexity index is 874. The number of benzene rings is 3. The number of nitrogens with one attached hydrogen (secondary N) is 1. The average molecular weight is 389 g/mol. The number of hydrogen-bond donors (Lipinski definition) is 1. The van der Waals surface area contributed by atoms with E-state index in [0.717, 1.165) is 36.4 Å². The molecule has 1 N–H and O–H groups in total. The predicted molar refractivity (Wildman–Crippen MR) is 117 cm³/mol. The highest BCUT2D eigenvalue weighted by molar-refractivity contribution is 6.04. The molecule has 0 unspecified atom stereocenters. The minimum absolute atomic E-state index is 0.149. The number of carbonyl (C=O) groups is 1. The van der Waals surface area contributed by atoms with E-state index < -0.39 is 0 Å². The summed E-state index contributed by atoms with van der Waals surface area (Å²) in [5.74, 6) is 1.43. The van der Waals surface area contributed by atoms with Crippen LogP contribution in [0.15, 0.2) is 78.9 Å². The molecule has 0 aliphatic rings. The molecule has 0 saturated carbocycles. The lowest BCUT2D eigenvalue weighted by molar-refractivity contribution is 0.102. The Balaban J connectivity index is 1.44. The highest BCUT2D eigenvalue weighted by atomic mass is 16.5. The fraction of sp³-hybridized carbons (Fsp3) is 0.240. The Hall–Kier alpha value is -3.27. The lowest BCUT2D eigenvalue weighted by atomic mass is 10.1. The molecule has 0 aliphatic carbocycles. The van der Waals surface area contributed by atoms with Gasteiger partial charge in [0.15, 0.2) is 0 Å². The molecule has 3 aromatic carbocycles. The van der Waals surface area contributed by atoms with E-state index in [1.807, 2.05) is 42.5 Å². The zero-order chi connectivity index (χ0) is 20.3. The van der Waals surface area contributed by atoms with Gasteiger partial charge in [-0.15, -0.1) is 0 Å². The van der Waals surface area contributed by atoms with Crippen molar-refractivity contribution in [2.45, 2.75) is 26.2 Å². The maximum atomic E-state index is 12.4. The standard InChI is InChI=1S/C25H27NO3/c1-2-18-28-23-14-10-21(11-15-23)25(27)26-22-12-16-24(17-13-22)29-19-6-9-20-7-4-3-5-8-20/h3-5,7-8,10-17H,2,6,9,18-19H2,1H3,(H,26,27). The normalized spacial score (nSPS) is 10.4. The Kier molecular flexibility index (Phi) is 7.70. The quantitative estimate of drug-likeness (QED) is 0.450. The minimum atomic E-state index is -0.149. The second kappa shape index (κ2) is 10.9. The van der Waals surface area contributed by atoms with Gasteiger partial charge in [0, 0.05) is 11.3 Å². The summed E-state index contributed by atoms with van der Waals surface area (Å²) in [4.78, 5) is 12.4. The molecule has 150 valence electrons. The van der Waals surface area contributed by atoms with Crippen LogP contribution < -0.4 is 14.8 Å². The van der Waals surface area contributed by atoms with Gasteiger partial charge in [0.2, 0.25) is 0 Å². The summed E-state index contributed by atoms with van der Waals surface area (Å²) in [6, 6.07) is 25.0. The average Bonchev–Trinajstić information content (AvgIpc) is 2.77. The van der Waals surface area contributed by atoms with Crippen LogP contribution in [0.25, 0.3) is 0 Å². The first kappa shape index (κ1) is 20.5. The molecule has 4 nitrogen and oxygen atoms in total. The summed E-state index contributed by atoms with van der Waals surface area (Å²) in [5.41, 5.74) is 2.65. The van der Waals surface area contributed by atoms with Crippen molar-refractivity contribution in [2.75, 3.05) is 18.5 Å². The van der Waals surface area contributed by atoms with Crippen LogP contribution in [-0.4, -0.2) is 19.1 Å². The molecule has 0 saturated heterocycles. The SMILES string of the molecule is CCCOc1ccc(C(=O)Nc2ccc(OCCCc3ccccc3)cc2)cc1. The van der Waals surface area contributed by atoms with Gasteiger partial charge in [0.25, 0.3) is 5.91 Å². The van der Waals surface area contributed by atoms with Crippen molar-refractivity contribution in [1.29, 1.82) is 0 Å². The third-order valence-corrected chi connectivity index (χ3v) is 4.42. The van der Waals surface area contributed by atoms with Crippen LogP contribution >= 0.6 is 0 Å². The Morgan fingerprint density at radius 3 is 2.07 bits per heavy atom. The fourth-order valence-corrected chi connectivity index (χ4v) is 2.87. The topological polar surface area (TPSA) is 47.6 Å². The van der Waals surface area contributed by atoms with Crippen molar-refractivity contribution in [1.82, 2.24) is 0 Å². The summed E-state index contributed by atoms with van der Waals surface area (Å²) in [6.45, 7) is 3.39. The highest BCUT2D eigenvalue weighted by Crippen LogP contribution is 2.18. The summed E-state index contributed by atoms with van der Waals surface area (Å²) in [6.07, 6.45) is 2.91. The molecule has 3 aromatic rings. The second-order valence-electron chi connectivity index (χ2n) is 6.79. The van der Waals surface area contributed by atoms with Crippen molar-refractivity contribution in [3.05, 3.63) is 90.0 Å². The molecule has 4 heteroatoms. The molecule has 0 radical (unpaired) electrons. The van der Waals surface area contributed by atoms with Crippen LogP contribution in [0.4, 0.5) is 5.69 Å². The van der Waals surface area contributed by atoms with E-state index in [0.29, 0.717) is 18.8 Å². The third kappa shape index (κ3) is 6.68. The van der Waals surface area contributed by atoms with Gasteiger partial charge < -0.3 is 14.8 Å². The zero-order valence-corrected chi connectivity index (χ0v) is 16.8.